The van der Waals surface area contributed by atoms with Crippen LogP contribution in [0.2, 0.25) is 0 Å². The Bertz CT molecular complexity index is 803. The average molecular weight is 396 g/mol. The van der Waals surface area contributed by atoms with Gasteiger partial charge in [0.1, 0.15) is 0 Å². The number of rotatable bonds is 8. The molecule has 0 fully saturated rings. The van der Waals surface area contributed by atoms with E-state index in [1.54, 1.807) is 48.5 Å². The fourth-order valence-corrected chi connectivity index (χ4v) is 2.54. The van der Waals surface area contributed by atoms with Crippen LogP contribution in [0.1, 0.15) is 33.1 Å². The van der Waals surface area contributed by atoms with Crippen LogP contribution in [-0.2, 0) is 19.2 Å². The first kappa shape index (κ1) is 21.6. The summed E-state index contributed by atoms with van der Waals surface area (Å²) in [4.78, 5) is 46.0. The summed E-state index contributed by atoms with van der Waals surface area (Å²) >= 11 is 0. The van der Waals surface area contributed by atoms with Crippen molar-refractivity contribution in [2.24, 2.45) is 0 Å². The molecule has 8 heteroatoms. The van der Waals surface area contributed by atoms with Crippen molar-refractivity contribution in [1.82, 2.24) is 0 Å². The number of carbonyl (C=O) groups is 4. The molecule has 0 aromatic heterocycles. The predicted octanol–water partition coefficient (Wildman–Crippen LogP) is 3.35. The molecule has 152 valence electrons. The first-order valence-electron chi connectivity index (χ1n) is 9.17. The molecule has 4 amide bonds. The molecular formula is C21H24N4O4. The van der Waals surface area contributed by atoms with E-state index in [1.807, 2.05) is 0 Å². The van der Waals surface area contributed by atoms with E-state index in [0.717, 1.165) is 0 Å². The Morgan fingerprint density at radius 2 is 0.828 bits per heavy atom. The fraction of sp³-hybridized carbons (Fsp3) is 0.238. The number of amides is 4. The van der Waals surface area contributed by atoms with Gasteiger partial charge in [-0.25, -0.2) is 0 Å². The zero-order valence-electron chi connectivity index (χ0n) is 16.4. The lowest BCUT2D eigenvalue weighted by Crippen LogP contribution is -2.15. The van der Waals surface area contributed by atoms with Gasteiger partial charge in [0.25, 0.3) is 0 Å². The average Bonchev–Trinajstić information content (AvgIpc) is 2.64. The summed E-state index contributed by atoms with van der Waals surface area (Å²) in [6, 6.07) is 13.6. The molecule has 0 saturated carbocycles. The summed E-state index contributed by atoms with van der Waals surface area (Å²) in [5.74, 6) is -0.707. The molecule has 8 nitrogen and oxygen atoms in total. The quantitative estimate of drug-likeness (QED) is 0.547. The highest BCUT2D eigenvalue weighted by molar-refractivity contribution is 5.94. The molecule has 0 saturated heterocycles. The second kappa shape index (κ2) is 10.6. The summed E-state index contributed by atoms with van der Waals surface area (Å²) in [5, 5.41) is 10.8. The summed E-state index contributed by atoms with van der Waals surface area (Å²) in [7, 11) is 0. The smallest absolute Gasteiger partial charge is 0.224 e. The van der Waals surface area contributed by atoms with Crippen LogP contribution in [0, 0.1) is 0 Å². The second-order valence-corrected chi connectivity index (χ2v) is 6.47. The molecule has 29 heavy (non-hydrogen) atoms. The third-order valence-electron chi connectivity index (χ3n) is 3.79. The minimum Gasteiger partial charge on any atom is -0.326 e. The molecule has 4 N–H and O–H groups in total. The molecule has 2 rings (SSSR count). The van der Waals surface area contributed by atoms with E-state index in [9.17, 15) is 19.2 Å². The van der Waals surface area contributed by atoms with Gasteiger partial charge >= 0.3 is 0 Å². The Morgan fingerprint density at radius 1 is 0.552 bits per heavy atom. The van der Waals surface area contributed by atoms with Crippen molar-refractivity contribution in [3.8, 4) is 0 Å². The molecule has 0 atom stereocenters. The lowest BCUT2D eigenvalue weighted by molar-refractivity contribution is -0.118. The van der Waals surface area contributed by atoms with Crippen LogP contribution >= 0.6 is 0 Å². The van der Waals surface area contributed by atoms with Crippen LogP contribution in [0.4, 0.5) is 22.7 Å². The van der Waals surface area contributed by atoms with E-state index in [0.29, 0.717) is 29.2 Å². The van der Waals surface area contributed by atoms with E-state index in [1.165, 1.54) is 13.8 Å². The molecular weight excluding hydrogens is 372 g/mol. The molecule has 0 radical (unpaired) electrons. The maximum absolute atomic E-state index is 12.0. The summed E-state index contributed by atoms with van der Waals surface area (Å²) in [6.45, 7) is 2.85. The lowest BCUT2D eigenvalue weighted by atomic mass is 10.2. The van der Waals surface area contributed by atoms with Crippen molar-refractivity contribution in [2.75, 3.05) is 21.3 Å². The number of anilines is 4. The largest absolute Gasteiger partial charge is 0.326 e. The van der Waals surface area contributed by atoms with Crippen molar-refractivity contribution in [3.05, 3.63) is 48.5 Å². The Kier molecular flexibility index (Phi) is 7.90. The van der Waals surface area contributed by atoms with Gasteiger partial charge in [-0.05, 0) is 55.0 Å². The fourth-order valence-electron chi connectivity index (χ4n) is 2.54. The van der Waals surface area contributed by atoms with Crippen LogP contribution in [0.25, 0.3) is 0 Å². The van der Waals surface area contributed by atoms with Crippen molar-refractivity contribution >= 4 is 46.4 Å². The normalized spacial score (nSPS) is 10.0. The van der Waals surface area contributed by atoms with Crippen LogP contribution in [0.15, 0.2) is 48.5 Å². The molecule has 0 unspecified atom stereocenters. The molecule has 0 aliphatic carbocycles. The molecule has 2 aromatic carbocycles. The molecule has 0 bridgehead atoms. The summed E-state index contributed by atoms with van der Waals surface area (Å²) < 4.78 is 0. The molecule has 0 spiro atoms. The van der Waals surface area contributed by atoms with Gasteiger partial charge in [0.05, 0.1) is 0 Å². The standard InChI is InChI=1S/C21H24N4O4/c1-14(26)22-16-6-10-18(11-7-16)24-20(28)4-3-5-21(29)25-19-12-8-17(9-13-19)23-15(2)27/h6-13H,3-5H2,1-2H3,(H,22,26)(H,23,27)(H,24,28)(H,25,29). The molecule has 2 aromatic rings. The lowest BCUT2D eigenvalue weighted by Gasteiger charge is -2.08. The highest BCUT2D eigenvalue weighted by Crippen LogP contribution is 2.15. The van der Waals surface area contributed by atoms with Crippen molar-refractivity contribution < 1.29 is 19.2 Å². The zero-order chi connectivity index (χ0) is 21.2. The van der Waals surface area contributed by atoms with E-state index in [4.69, 9.17) is 0 Å². The second-order valence-electron chi connectivity index (χ2n) is 6.47. The van der Waals surface area contributed by atoms with Crippen molar-refractivity contribution in [2.45, 2.75) is 33.1 Å². The van der Waals surface area contributed by atoms with Crippen molar-refractivity contribution in [3.63, 3.8) is 0 Å². The number of carbonyl (C=O) groups excluding carboxylic acids is 4. The maximum Gasteiger partial charge on any atom is 0.224 e. The van der Waals surface area contributed by atoms with Gasteiger partial charge in [-0.1, -0.05) is 0 Å². The number of benzene rings is 2. The van der Waals surface area contributed by atoms with E-state index >= 15 is 0 Å². The van der Waals surface area contributed by atoms with Gasteiger partial charge in [0.15, 0.2) is 0 Å². The Balaban J connectivity index is 1.70. The predicted molar refractivity (Wildman–Crippen MR) is 113 cm³/mol. The van der Waals surface area contributed by atoms with Crippen molar-refractivity contribution in [1.29, 1.82) is 0 Å². The maximum atomic E-state index is 12.0. The third kappa shape index (κ3) is 8.25. The summed E-state index contributed by atoms with van der Waals surface area (Å²) in [5.41, 5.74) is 2.54. The van der Waals surface area contributed by atoms with E-state index < -0.39 is 0 Å². The first-order chi connectivity index (χ1) is 13.8. The first-order valence-corrected chi connectivity index (χ1v) is 9.17. The summed E-state index contributed by atoms with van der Waals surface area (Å²) in [6.07, 6.45) is 0.830. The SMILES string of the molecule is CC(=O)Nc1ccc(NC(=O)CCCC(=O)Nc2ccc(NC(C)=O)cc2)cc1. The highest BCUT2D eigenvalue weighted by atomic mass is 16.2. The van der Waals surface area contributed by atoms with E-state index in [2.05, 4.69) is 21.3 Å². The molecule has 0 aliphatic heterocycles. The number of hydrogen-bond donors (Lipinski definition) is 4. The van der Waals surface area contributed by atoms with Crippen LogP contribution in [0.3, 0.4) is 0 Å². The topological polar surface area (TPSA) is 116 Å². The Hall–Kier alpha value is -3.68. The minimum absolute atomic E-state index is 0.163. The monoisotopic (exact) mass is 396 g/mol. The Morgan fingerprint density at radius 3 is 1.10 bits per heavy atom. The van der Waals surface area contributed by atoms with Gasteiger partial charge in [-0.15, -0.1) is 0 Å². The highest BCUT2D eigenvalue weighted by Gasteiger charge is 2.07. The number of nitrogens with one attached hydrogen (secondary N) is 4. The van der Waals surface area contributed by atoms with Gasteiger partial charge in [0.2, 0.25) is 23.6 Å². The Labute approximate surface area is 169 Å². The van der Waals surface area contributed by atoms with Crippen LogP contribution in [-0.4, -0.2) is 23.6 Å². The minimum atomic E-state index is -0.190. The third-order valence-corrected chi connectivity index (χ3v) is 3.79. The van der Waals surface area contributed by atoms with E-state index in [-0.39, 0.29) is 36.5 Å². The van der Waals surface area contributed by atoms with Crippen LogP contribution in [0.5, 0.6) is 0 Å². The van der Waals surface area contributed by atoms with Gasteiger partial charge in [0, 0.05) is 49.4 Å². The molecule has 0 aliphatic rings. The van der Waals surface area contributed by atoms with Crippen LogP contribution < -0.4 is 21.3 Å². The zero-order valence-corrected chi connectivity index (χ0v) is 16.4. The van der Waals surface area contributed by atoms with Gasteiger partial charge < -0.3 is 21.3 Å². The molecule has 0 heterocycles. The number of hydrogen-bond acceptors (Lipinski definition) is 4. The van der Waals surface area contributed by atoms with Gasteiger partial charge in [-0.3, -0.25) is 19.2 Å². The van der Waals surface area contributed by atoms with Gasteiger partial charge in [-0.2, -0.15) is 0 Å².